The number of rotatable bonds is 5. The highest BCUT2D eigenvalue weighted by atomic mass is 35.5. The Labute approximate surface area is 149 Å². The average molecular weight is 367 g/mol. The molecule has 1 amide bonds. The largest absolute Gasteiger partial charge is 0.452 e. The Morgan fingerprint density at radius 1 is 1.21 bits per heavy atom. The predicted molar refractivity (Wildman–Crippen MR) is 94.2 cm³/mol. The highest BCUT2D eigenvalue weighted by molar-refractivity contribution is 6.33. The van der Waals surface area contributed by atoms with Gasteiger partial charge in [-0.25, -0.2) is 4.79 Å². The molecular weight excluding hydrogens is 351 g/mol. The number of hydrogen-bond donors (Lipinski definition) is 2. The van der Waals surface area contributed by atoms with Gasteiger partial charge in [-0.05, 0) is 42.8 Å². The highest BCUT2D eigenvalue weighted by Gasteiger charge is 2.14. The molecule has 0 saturated heterocycles. The number of halogens is 2. The average Bonchev–Trinajstić information content (AvgIpc) is 2.55. The molecule has 0 bridgehead atoms. The number of nitrogen functional groups attached to an aromatic ring is 1. The summed E-state index contributed by atoms with van der Waals surface area (Å²) in [6, 6.07) is 11.3. The molecule has 0 aliphatic carbocycles. The lowest BCUT2D eigenvalue weighted by molar-refractivity contribution is -0.124. The van der Waals surface area contributed by atoms with Crippen molar-refractivity contribution in [3.8, 4) is 0 Å². The second-order valence-corrected chi connectivity index (χ2v) is 6.00. The molecule has 0 unspecified atom stereocenters. The standard InChI is InChI=1S/C17H16Cl2N2O3/c1-10(11-3-2-4-13(18)7-11)21-16(22)9-24-17(23)12-5-6-14(19)15(20)8-12/h2-8,10H,9,20H2,1H3,(H,21,22)/t10-/m1/s1. The summed E-state index contributed by atoms with van der Waals surface area (Å²) in [4.78, 5) is 23.8. The first-order valence-corrected chi connectivity index (χ1v) is 7.89. The van der Waals surface area contributed by atoms with E-state index < -0.39 is 18.5 Å². The minimum atomic E-state index is -0.649. The molecule has 0 aliphatic rings. The first-order valence-electron chi connectivity index (χ1n) is 7.14. The number of carbonyl (C=O) groups excluding carboxylic acids is 2. The summed E-state index contributed by atoms with van der Waals surface area (Å²) in [6.07, 6.45) is 0. The van der Waals surface area contributed by atoms with Crippen LogP contribution in [0.25, 0.3) is 0 Å². The fraction of sp³-hybridized carbons (Fsp3) is 0.176. The lowest BCUT2D eigenvalue weighted by Crippen LogP contribution is -2.31. The van der Waals surface area contributed by atoms with Crippen LogP contribution in [0.15, 0.2) is 42.5 Å². The zero-order chi connectivity index (χ0) is 17.7. The summed E-state index contributed by atoms with van der Waals surface area (Å²) in [5, 5.41) is 3.66. The molecule has 3 N–H and O–H groups in total. The van der Waals surface area contributed by atoms with Gasteiger partial charge in [-0.15, -0.1) is 0 Å². The number of anilines is 1. The van der Waals surface area contributed by atoms with Crippen LogP contribution in [0, 0.1) is 0 Å². The summed E-state index contributed by atoms with van der Waals surface area (Å²) >= 11 is 11.7. The Hall–Kier alpha value is -2.24. The van der Waals surface area contributed by atoms with Crippen LogP contribution >= 0.6 is 23.2 Å². The van der Waals surface area contributed by atoms with Crippen molar-refractivity contribution in [2.75, 3.05) is 12.3 Å². The number of nitrogens with two attached hydrogens (primary N) is 1. The second-order valence-electron chi connectivity index (χ2n) is 5.16. The quantitative estimate of drug-likeness (QED) is 0.625. The lowest BCUT2D eigenvalue weighted by Gasteiger charge is -2.14. The molecule has 24 heavy (non-hydrogen) atoms. The molecule has 2 rings (SSSR count). The molecule has 7 heteroatoms. The van der Waals surface area contributed by atoms with Gasteiger partial charge in [0.25, 0.3) is 5.91 Å². The molecule has 0 radical (unpaired) electrons. The fourth-order valence-electron chi connectivity index (χ4n) is 2.03. The zero-order valence-corrected chi connectivity index (χ0v) is 14.4. The number of nitrogens with one attached hydrogen (secondary N) is 1. The number of hydrogen-bond acceptors (Lipinski definition) is 4. The van der Waals surface area contributed by atoms with Crippen LogP contribution in [0.2, 0.25) is 10.0 Å². The van der Waals surface area contributed by atoms with Gasteiger partial charge in [0.05, 0.1) is 22.3 Å². The number of benzene rings is 2. The lowest BCUT2D eigenvalue weighted by atomic mass is 10.1. The third-order valence-electron chi connectivity index (χ3n) is 3.29. The van der Waals surface area contributed by atoms with E-state index in [-0.39, 0.29) is 17.3 Å². The SMILES string of the molecule is C[C@@H](NC(=O)COC(=O)c1ccc(Cl)c(N)c1)c1cccc(Cl)c1. The number of esters is 1. The zero-order valence-electron chi connectivity index (χ0n) is 12.9. The Morgan fingerprint density at radius 3 is 2.62 bits per heavy atom. The molecule has 0 fully saturated rings. The number of carbonyl (C=O) groups is 2. The van der Waals surface area contributed by atoms with E-state index in [1.807, 2.05) is 13.0 Å². The minimum absolute atomic E-state index is 0.229. The smallest absolute Gasteiger partial charge is 0.338 e. The predicted octanol–water partition coefficient (Wildman–Crippen LogP) is 3.61. The Morgan fingerprint density at radius 2 is 1.96 bits per heavy atom. The highest BCUT2D eigenvalue weighted by Crippen LogP contribution is 2.20. The number of amides is 1. The molecule has 0 spiro atoms. The van der Waals surface area contributed by atoms with Crippen LogP contribution in [0.1, 0.15) is 28.9 Å². The van der Waals surface area contributed by atoms with E-state index in [1.165, 1.54) is 18.2 Å². The third-order valence-corrected chi connectivity index (χ3v) is 3.87. The van der Waals surface area contributed by atoms with Crippen LogP contribution in [0.5, 0.6) is 0 Å². The maximum Gasteiger partial charge on any atom is 0.338 e. The molecule has 0 aliphatic heterocycles. The molecule has 5 nitrogen and oxygen atoms in total. The van der Waals surface area contributed by atoms with Crippen LogP contribution < -0.4 is 11.1 Å². The van der Waals surface area contributed by atoms with E-state index >= 15 is 0 Å². The molecule has 2 aromatic carbocycles. The van der Waals surface area contributed by atoms with Crippen molar-refractivity contribution in [1.82, 2.24) is 5.32 Å². The number of ether oxygens (including phenoxy) is 1. The minimum Gasteiger partial charge on any atom is -0.452 e. The van der Waals surface area contributed by atoms with Gasteiger partial charge in [0.2, 0.25) is 0 Å². The van der Waals surface area contributed by atoms with E-state index in [9.17, 15) is 9.59 Å². The van der Waals surface area contributed by atoms with Crippen molar-refractivity contribution in [1.29, 1.82) is 0 Å². The Balaban J connectivity index is 1.88. The molecular formula is C17H16Cl2N2O3. The summed E-state index contributed by atoms with van der Waals surface area (Å²) in [7, 11) is 0. The summed E-state index contributed by atoms with van der Waals surface area (Å²) in [5.74, 6) is -1.07. The molecule has 0 heterocycles. The van der Waals surface area contributed by atoms with Gasteiger partial charge >= 0.3 is 5.97 Å². The second kappa shape index (κ2) is 8.04. The molecule has 0 aromatic heterocycles. The van der Waals surface area contributed by atoms with Gasteiger partial charge in [0, 0.05) is 5.02 Å². The maximum absolute atomic E-state index is 11.9. The topological polar surface area (TPSA) is 81.4 Å². The Kier molecular flexibility index (Phi) is 6.06. The van der Waals surface area contributed by atoms with E-state index in [0.29, 0.717) is 10.0 Å². The first kappa shape index (κ1) is 18.1. The van der Waals surface area contributed by atoms with Gasteiger partial charge in [0.15, 0.2) is 6.61 Å². The Bertz CT molecular complexity index is 765. The molecule has 2 aromatic rings. The van der Waals surface area contributed by atoms with Crippen molar-refractivity contribution in [3.63, 3.8) is 0 Å². The van der Waals surface area contributed by atoms with Crippen molar-refractivity contribution >= 4 is 40.8 Å². The van der Waals surface area contributed by atoms with E-state index in [2.05, 4.69) is 5.32 Å². The van der Waals surface area contributed by atoms with Crippen LogP contribution in [-0.2, 0) is 9.53 Å². The summed E-state index contributed by atoms with van der Waals surface area (Å²) < 4.78 is 4.97. The van der Waals surface area contributed by atoms with Crippen LogP contribution in [0.3, 0.4) is 0 Å². The first-order chi connectivity index (χ1) is 11.4. The molecule has 1 atom stereocenters. The van der Waals surface area contributed by atoms with E-state index in [4.69, 9.17) is 33.7 Å². The van der Waals surface area contributed by atoms with E-state index in [0.717, 1.165) is 5.56 Å². The summed E-state index contributed by atoms with van der Waals surface area (Å²) in [6.45, 7) is 1.41. The van der Waals surface area contributed by atoms with E-state index in [1.54, 1.807) is 18.2 Å². The van der Waals surface area contributed by atoms with Gasteiger partial charge in [-0.3, -0.25) is 4.79 Å². The third kappa shape index (κ3) is 4.88. The monoisotopic (exact) mass is 366 g/mol. The molecule has 126 valence electrons. The normalized spacial score (nSPS) is 11.6. The van der Waals surface area contributed by atoms with Crippen LogP contribution in [0.4, 0.5) is 5.69 Å². The van der Waals surface area contributed by atoms with Crippen LogP contribution in [-0.4, -0.2) is 18.5 Å². The van der Waals surface area contributed by atoms with Gasteiger partial charge in [0.1, 0.15) is 0 Å². The van der Waals surface area contributed by atoms with Crippen molar-refractivity contribution in [2.24, 2.45) is 0 Å². The van der Waals surface area contributed by atoms with Gasteiger partial charge < -0.3 is 15.8 Å². The summed E-state index contributed by atoms with van der Waals surface area (Å²) in [5.41, 5.74) is 6.98. The van der Waals surface area contributed by atoms with Crippen molar-refractivity contribution in [2.45, 2.75) is 13.0 Å². The molecule has 0 saturated carbocycles. The van der Waals surface area contributed by atoms with Gasteiger partial charge in [-0.1, -0.05) is 35.3 Å². The fourth-order valence-corrected chi connectivity index (χ4v) is 2.34. The van der Waals surface area contributed by atoms with Gasteiger partial charge in [-0.2, -0.15) is 0 Å². The van der Waals surface area contributed by atoms with Crippen molar-refractivity contribution in [3.05, 3.63) is 63.6 Å². The maximum atomic E-state index is 11.9. The van der Waals surface area contributed by atoms with Crippen molar-refractivity contribution < 1.29 is 14.3 Å².